The lowest BCUT2D eigenvalue weighted by molar-refractivity contribution is -0.0394. The van der Waals surface area contributed by atoms with Crippen molar-refractivity contribution in [3.8, 4) is 22.4 Å². The van der Waals surface area contributed by atoms with E-state index in [4.69, 9.17) is 14.5 Å². The van der Waals surface area contributed by atoms with E-state index in [0.29, 0.717) is 31.0 Å². The minimum absolute atomic E-state index is 0.00854. The number of ether oxygens (including phenoxy) is 2. The van der Waals surface area contributed by atoms with E-state index in [1.54, 1.807) is 11.3 Å². The van der Waals surface area contributed by atoms with Crippen molar-refractivity contribution in [2.45, 2.75) is 57.9 Å². The molecule has 208 valence electrons. The molecule has 1 aromatic carbocycles. The van der Waals surface area contributed by atoms with Crippen LogP contribution in [0.5, 0.6) is 0 Å². The molecule has 1 N–H and O–H groups in total. The number of piperidine rings is 1. The van der Waals surface area contributed by atoms with Crippen LogP contribution in [0.25, 0.3) is 32.6 Å². The van der Waals surface area contributed by atoms with Crippen molar-refractivity contribution in [2.75, 3.05) is 25.0 Å². The van der Waals surface area contributed by atoms with E-state index in [1.165, 1.54) is 0 Å². The first kappa shape index (κ1) is 25.4. The summed E-state index contributed by atoms with van der Waals surface area (Å²) in [6, 6.07) is 8.49. The van der Waals surface area contributed by atoms with E-state index in [1.807, 2.05) is 54.2 Å². The molecule has 3 atom stereocenters. The number of aromatic nitrogens is 5. The minimum atomic E-state index is -0.475. The number of likely N-dealkylation sites (tertiary alicyclic amines) is 1. The molecule has 1 amide bonds. The zero-order valence-electron chi connectivity index (χ0n) is 22.9. The Labute approximate surface area is 236 Å². The van der Waals surface area contributed by atoms with Gasteiger partial charge in [-0.25, -0.2) is 14.5 Å². The van der Waals surface area contributed by atoms with Crippen LogP contribution in [0, 0.1) is 11.8 Å². The van der Waals surface area contributed by atoms with Gasteiger partial charge in [-0.3, -0.25) is 0 Å². The molecule has 5 heterocycles. The Balaban J connectivity index is 1.03. The van der Waals surface area contributed by atoms with Gasteiger partial charge in [-0.15, -0.1) is 21.5 Å². The molecular formula is C29H33N7O3S. The molecule has 3 fully saturated rings. The molecule has 2 aliphatic heterocycles. The number of anilines is 1. The third kappa shape index (κ3) is 4.81. The number of amides is 1. The summed E-state index contributed by atoms with van der Waals surface area (Å²) in [4.78, 5) is 18.9. The molecule has 2 saturated heterocycles. The smallest absolute Gasteiger partial charge is 0.410 e. The van der Waals surface area contributed by atoms with Gasteiger partial charge in [0.2, 0.25) is 0 Å². The van der Waals surface area contributed by atoms with E-state index < -0.39 is 5.60 Å². The summed E-state index contributed by atoms with van der Waals surface area (Å²) in [5.74, 6) is 1.60. The first-order valence-corrected chi connectivity index (χ1v) is 14.8. The van der Waals surface area contributed by atoms with Crippen LogP contribution in [0.2, 0.25) is 0 Å². The summed E-state index contributed by atoms with van der Waals surface area (Å²) in [7, 11) is 0. The molecule has 7 rings (SSSR count). The van der Waals surface area contributed by atoms with Crippen molar-refractivity contribution in [1.29, 1.82) is 0 Å². The zero-order chi connectivity index (χ0) is 27.4. The van der Waals surface area contributed by atoms with Crippen molar-refractivity contribution < 1.29 is 14.3 Å². The third-order valence-electron chi connectivity index (χ3n) is 7.95. The lowest BCUT2D eigenvalue weighted by Crippen LogP contribution is -2.38. The zero-order valence-corrected chi connectivity index (χ0v) is 23.7. The van der Waals surface area contributed by atoms with E-state index in [0.717, 1.165) is 64.3 Å². The lowest BCUT2D eigenvalue weighted by atomic mass is 10.0. The molecule has 1 saturated carbocycles. The van der Waals surface area contributed by atoms with Gasteiger partial charge in [0, 0.05) is 60.5 Å². The Morgan fingerprint density at radius 1 is 1.10 bits per heavy atom. The number of fused-ring (bicyclic) bond motifs is 2. The first-order chi connectivity index (χ1) is 19.3. The SMILES string of the molecule is CC(C)(C)OC(=O)N1CC2C(C1)C2Nc1ccc(-c2ccc(-c3cnn(C4CCCCO4)c3)c3ncsc23)nn1. The fourth-order valence-corrected chi connectivity index (χ4v) is 6.73. The maximum Gasteiger partial charge on any atom is 0.410 e. The first-order valence-electron chi connectivity index (χ1n) is 13.9. The highest BCUT2D eigenvalue weighted by atomic mass is 32.1. The highest BCUT2D eigenvalue weighted by Crippen LogP contribution is 2.47. The molecule has 0 radical (unpaired) electrons. The number of thiazole rings is 1. The highest BCUT2D eigenvalue weighted by molar-refractivity contribution is 7.17. The number of nitrogens with one attached hydrogen (secondary N) is 1. The van der Waals surface area contributed by atoms with Crippen LogP contribution in [0.4, 0.5) is 10.6 Å². The molecule has 0 spiro atoms. The summed E-state index contributed by atoms with van der Waals surface area (Å²) in [6.07, 6.45) is 7.00. The van der Waals surface area contributed by atoms with Crippen LogP contribution in [0.1, 0.15) is 46.3 Å². The van der Waals surface area contributed by atoms with Crippen molar-refractivity contribution in [1.82, 2.24) is 29.9 Å². The number of carbonyl (C=O) groups is 1. The Kier molecular flexibility index (Phi) is 6.23. The molecule has 0 bridgehead atoms. The summed E-state index contributed by atoms with van der Waals surface area (Å²) in [5.41, 5.74) is 6.25. The van der Waals surface area contributed by atoms with Gasteiger partial charge in [-0.05, 0) is 52.2 Å². The fourth-order valence-electron chi connectivity index (χ4n) is 5.89. The third-order valence-corrected chi connectivity index (χ3v) is 8.81. The molecule has 3 aromatic heterocycles. The predicted molar refractivity (Wildman–Crippen MR) is 153 cm³/mol. The monoisotopic (exact) mass is 559 g/mol. The van der Waals surface area contributed by atoms with Crippen LogP contribution in [0.3, 0.4) is 0 Å². The average Bonchev–Trinajstić information content (AvgIpc) is 3.47. The average molecular weight is 560 g/mol. The van der Waals surface area contributed by atoms with Crippen molar-refractivity contribution in [3.63, 3.8) is 0 Å². The minimum Gasteiger partial charge on any atom is -0.444 e. The predicted octanol–water partition coefficient (Wildman–Crippen LogP) is 5.59. The molecule has 3 aliphatic rings. The second-order valence-electron chi connectivity index (χ2n) is 11.9. The Morgan fingerprint density at radius 2 is 1.93 bits per heavy atom. The highest BCUT2D eigenvalue weighted by Gasteiger charge is 2.57. The number of carbonyl (C=O) groups excluding carboxylic acids is 1. The molecule has 11 heteroatoms. The molecule has 4 aromatic rings. The van der Waals surface area contributed by atoms with Crippen molar-refractivity contribution in [2.24, 2.45) is 11.8 Å². The number of hydrogen-bond donors (Lipinski definition) is 1. The topological polar surface area (TPSA) is 107 Å². The Bertz CT molecular complexity index is 1530. The van der Waals surface area contributed by atoms with Crippen molar-refractivity contribution >= 4 is 33.5 Å². The van der Waals surface area contributed by atoms with Crippen LogP contribution >= 0.6 is 11.3 Å². The van der Waals surface area contributed by atoms with Crippen LogP contribution in [-0.2, 0) is 9.47 Å². The van der Waals surface area contributed by atoms with Crippen LogP contribution < -0.4 is 5.32 Å². The lowest BCUT2D eigenvalue weighted by Gasteiger charge is -2.26. The maximum atomic E-state index is 12.4. The summed E-state index contributed by atoms with van der Waals surface area (Å²) in [5, 5.41) is 17.1. The van der Waals surface area contributed by atoms with Gasteiger partial charge in [0.25, 0.3) is 0 Å². The standard InChI is InChI=1S/C29H33N7O3S/c1-29(2,3)39-28(37)35-14-20-21(15-35)25(20)32-23-10-9-22(33-34-23)19-8-7-18(26-27(19)40-16-30-26)17-12-31-36(13-17)24-6-4-5-11-38-24/h7-10,12-13,16,20-21,24-25H,4-6,11,14-15H2,1-3H3,(H,32,34). The largest absolute Gasteiger partial charge is 0.444 e. The van der Waals surface area contributed by atoms with E-state index >= 15 is 0 Å². The molecule has 40 heavy (non-hydrogen) atoms. The number of nitrogens with zero attached hydrogens (tertiary/aromatic N) is 6. The summed E-state index contributed by atoms with van der Waals surface area (Å²) >= 11 is 1.61. The van der Waals surface area contributed by atoms with Crippen molar-refractivity contribution in [3.05, 3.63) is 42.2 Å². The second kappa shape index (κ2) is 9.81. The number of rotatable bonds is 5. The quantitative estimate of drug-likeness (QED) is 0.337. The van der Waals surface area contributed by atoms with Gasteiger partial charge >= 0.3 is 6.09 Å². The van der Waals surface area contributed by atoms with Gasteiger partial charge in [0.1, 0.15) is 17.6 Å². The van der Waals surface area contributed by atoms with Gasteiger partial charge in [-0.1, -0.05) is 12.1 Å². The van der Waals surface area contributed by atoms with Crippen LogP contribution in [-0.4, -0.2) is 67.3 Å². The van der Waals surface area contributed by atoms with E-state index in [9.17, 15) is 4.79 Å². The van der Waals surface area contributed by atoms with Gasteiger partial charge in [-0.2, -0.15) is 5.10 Å². The van der Waals surface area contributed by atoms with Gasteiger partial charge in [0.15, 0.2) is 0 Å². The number of benzene rings is 1. The summed E-state index contributed by atoms with van der Waals surface area (Å²) < 4.78 is 14.4. The number of hydrogen-bond acceptors (Lipinski definition) is 9. The second-order valence-corrected chi connectivity index (χ2v) is 12.8. The summed E-state index contributed by atoms with van der Waals surface area (Å²) in [6.45, 7) is 7.90. The Morgan fingerprint density at radius 3 is 2.65 bits per heavy atom. The van der Waals surface area contributed by atoms with Gasteiger partial charge in [0.05, 0.1) is 27.6 Å². The maximum absolute atomic E-state index is 12.4. The fraction of sp³-hybridized carbons (Fsp3) is 0.483. The molecule has 1 aliphatic carbocycles. The molecular weight excluding hydrogens is 526 g/mol. The molecule has 3 unspecified atom stereocenters. The van der Waals surface area contributed by atoms with Crippen LogP contribution in [0.15, 0.2) is 42.2 Å². The van der Waals surface area contributed by atoms with Gasteiger partial charge < -0.3 is 19.7 Å². The van der Waals surface area contributed by atoms with E-state index in [2.05, 4.69) is 38.9 Å². The Hall–Kier alpha value is -3.57. The van der Waals surface area contributed by atoms with E-state index in [-0.39, 0.29) is 12.3 Å². The molecule has 10 nitrogen and oxygen atoms in total. The normalized spacial score (nSPS) is 24.2.